The fourth-order valence-corrected chi connectivity index (χ4v) is 5.19. The summed E-state index contributed by atoms with van der Waals surface area (Å²) in [6.07, 6.45) is 10.4. The van der Waals surface area contributed by atoms with Crippen LogP contribution in [0.3, 0.4) is 0 Å². The van der Waals surface area contributed by atoms with E-state index in [1.54, 1.807) is 0 Å². The quantitative estimate of drug-likeness (QED) is 0.463. The number of amidine groups is 1. The lowest BCUT2D eigenvalue weighted by atomic mass is 9.84. The van der Waals surface area contributed by atoms with Crippen LogP contribution in [-0.4, -0.2) is 48.7 Å². The SMILES string of the molecule is C=C1Cc2c(cccc2CC)C=C1C1=CCC(NC(=O)CCC(=O)NCCCN2CCC(C)CC2)=N1.S. The van der Waals surface area contributed by atoms with E-state index in [0.717, 1.165) is 61.7 Å². The highest BCUT2D eigenvalue weighted by Gasteiger charge is 2.22. The Hall–Kier alpha value is -2.64. The van der Waals surface area contributed by atoms with Crippen molar-refractivity contribution >= 4 is 37.2 Å². The van der Waals surface area contributed by atoms with Crippen molar-refractivity contribution < 1.29 is 9.59 Å². The van der Waals surface area contributed by atoms with Crippen molar-refractivity contribution in [1.29, 1.82) is 0 Å². The molecule has 1 aliphatic carbocycles. The molecule has 2 N–H and O–H groups in total. The zero-order valence-electron chi connectivity index (χ0n) is 22.4. The van der Waals surface area contributed by atoms with Gasteiger partial charge in [0.1, 0.15) is 5.84 Å². The highest BCUT2D eigenvalue weighted by Crippen LogP contribution is 2.35. The molecule has 2 heterocycles. The Bertz CT molecular complexity index is 1100. The molecule has 200 valence electrons. The molecule has 0 spiro atoms. The number of amides is 2. The van der Waals surface area contributed by atoms with Crippen molar-refractivity contribution in [1.82, 2.24) is 15.5 Å². The van der Waals surface area contributed by atoms with E-state index in [9.17, 15) is 9.59 Å². The summed E-state index contributed by atoms with van der Waals surface area (Å²) in [4.78, 5) is 31.7. The Morgan fingerprint density at radius 2 is 1.92 bits per heavy atom. The lowest BCUT2D eigenvalue weighted by molar-refractivity contribution is -0.125. The number of nitrogens with zero attached hydrogens (tertiary/aromatic N) is 2. The zero-order chi connectivity index (χ0) is 25.5. The van der Waals surface area contributed by atoms with Gasteiger partial charge in [0.2, 0.25) is 11.8 Å². The molecule has 6 nitrogen and oxygen atoms in total. The second-order valence-corrected chi connectivity index (χ2v) is 10.3. The normalized spacial score (nSPS) is 17.8. The summed E-state index contributed by atoms with van der Waals surface area (Å²) in [5, 5.41) is 5.83. The highest BCUT2D eigenvalue weighted by molar-refractivity contribution is 7.59. The van der Waals surface area contributed by atoms with E-state index >= 15 is 0 Å². The molecule has 3 aliphatic rings. The summed E-state index contributed by atoms with van der Waals surface area (Å²) >= 11 is 0. The van der Waals surface area contributed by atoms with Crippen LogP contribution in [0.4, 0.5) is 0 Å². The topological polar surface area (TPSA) is 73.8 Å². The summed E-state index contributed by atoms with van der Waals surface area (Å²) < 4.78 is 0. The number of fused-ring (bicyclic) bond motifs is 1. The van der Waals surface area contributed by atoms with Crippen LogP contribution in [0.2, 0.25) is 0 Å². The van der Waals surface area contributed by atoms with Gasteiger partial charge < -0.3 is 15.5 Å². The van der Waals surface area contributed by atoms with Gasteiger partial charge >= 0.3 is 0 Å². The molecule has 0 aromatic heterocycles. The van der Waals surface area contributed by atoms with Crippen LogP contribution in [0.1, 0.15) is 69.1 Å². The average Bonchev–Trinajstić information content (AvgIpc) is 3.33. The fraction of sp³-hybridized carbons (Fsp3) is 0.500. The summed E-state index contributed by atoms with van der Waals surface area (Å²) in [5.41, 5.74) is 6.90. The number of likely N-dealkylation sites (tertiary alicyclic amines) is 1. The molecule has 37 heavy (non-hydrogen) atoms. The van der Waals surface area contributed by atoms with Crippen LogP contribution in [0.5, 0.6) is 0 Å². The molecule has 2 amide bonds. The number of rotatable bonds is 9. The number of aryl methyl sites for hydroxylation is 1. The van der Waals surface area contributed by atoms with Crippen molar-refractivity contribution in [2.24, 2.45) is 10.9 Å². The van der Waals surface area contributed by atoms with Gasteiger partial charge in [0.25, 0.3) is 0 Å². The number of aliphatic imine (C=N–C) groups is 1. The molecule has 1 aromatic carbocycles. The van der Waals surface area contributed by atoms with Crippen molar-refractivity contribution in [2.45, 2.75) is 65.2 Å². The molecule has 0 unspecified atom stereocenters. The number of hydrogen-bond acceptors (Lipinski definition) is 4. The van der Waals surface area contributed by atoms with Gasteiger partial charge in [-0.3, -0.25) is 9.59 Å². The van der Waals surface area contributed by atoms with Crippen LogP contribution < -0.4 is 10.6 Å². The van der Waals surface area contributed by atoms with E-state index in [1.165, 1.54) is 29.5 Å². The number of carbonyl (C=O) groups is 2. The van der Waals surface area contributed by atoms with Gasteiger partial charge in [0.05, 0.1) is 5.70 Å². The minimum atomic E-state index is -0.171. The first-order chi connectivity index (χ1) is 17.4. The van der Waals surface area contributed by atoms with E-state index in [0.29, 0.717) is 18.8 Å². The van der Waals surface area contributed by atoms with Gasteiger partial charge in [-0.05, 0) is 86.0 Å². The number of piperidine rings is 1. The fourth-order valence-electron chi connectivity index (χ4n) is 5.19. The molecule has 0 radical (unpaired) electrons. The molecule has 1 saturated heterocycles. The van der Waals surface area contributed by atoms with Gasteiger partial charge in [0, 0.05) is 31.4 Å². The summed E-state index contributed by atoms with van der Waals surface area (Å²) in [6.45, 7) is 12.8. The monoisotopic (exact) mass is 522 g/mol. The molecule has 7 heteroatoms. The average molecular weight is 523 g/mol. The van der Waals surface area contributed by atoms with Gasteiger partial charge in [-0.1, -0.05) is 44.7 Å². The van der Waals surface area contributed by atoms with Crippen LogP contribution >= 0.6 is 13.5 Å². The van der Waals surface area contributed by atoms with Gasteiger partial charge in [-0.15, -0.1) is 0 Å². The van der Waals surface area contributed by atoms with E-state index in [4.69, 9.17) is 0 Å². The lowest BCUT2D eigenvalue weighted by Crippen LogP contribution is -2.35. The number of benzene rings is 1. The first-order valence-corrected chi connectivity index (χ1v) is 13.5. The van der Waals surface area contributed by atoms with Crippen LogP contribution in [0, 0.1) is 5.92 Å². The predicted octanol–water partition coefficient (Wildman–Crippen LogP) is 4.68. The molecule has 4 rings (SSSR count). The maximum atomic E-state index is 12.4. The summed E-state index contributed by atoms with van der Waals surface area (Å²) in [6, 6.07) is 6.42. The molecule has 0 atom stereocenters. The summed E-state index contributed by atoms with van der Waals surface area (Å²) in [5.74, 6) is 1.22. The first kappa shape index (κ1) is 28.9. The van der Waals surface area contributed by atoms with Crippen LogP contribution in [0.25, 0.3) is 6.08 Å². The molecule has 1 aromatic rings. The minimum Gasteiger partial charge on any atom is -0.356 e. The zero-order valence-corrected chi connectivity index (χ0v) is 23.4. The van der Waals surface area contributed by atoms with Crippen molar-refractivity contribution in [3.8, 4) is 0 Å². The maximum absolute atomic E-state index is 12.4. The highest BCUT2D eigenvalue weighted by atomic mass is 32.1. The Morgan fingerprint density at radius 3 is 2.68 bits per heavy atom. The third-order valence-corrected chi connectivity index (χ3v) is 7.49. The second kappa shape index (κ2) is 13.8. The number of carbonyl (C=O) groups excluding carboxylic acids is 2. The predicted molar refractivity (Wildman–Crippen MR) is 157 cm³/mol. The molecule has 0 bridgehead atoms. The van der Waals surface area contributed by atoms with Crippen molar-refractivity contribution in [3.05, 3.63) is 64.4 Å². The second-order valence-electron chi connectivity index (χ2n) is 10.3. The Balaban J connectivity index is 0.00000380. The van der Waals surface area contributed by atoms with E-state index < -0.39 is 0 Å². The van der Waals surface area contributed by atoms with Crippen molar-refractivity contribution in [3.63, 3.8) is 0 Å². The Labute approximate surface area is 228 Å². The maximum Gasteiger partial charge on any atom is 0.225 e. The Kier molecular flexibility index (Phi) is 10.8. The van der Waals surface area contributed by atoms with E-state index in [1.807, 2.05) is 6.08 Å². The molecule has 0 saturated carbocycles. The smallest absolute Gasteiger partial charge is 0.225 e. The molecular weight excluding hydrogens is 480 g/mol. The van der Waals surface area contributed by atoms with Gasteiger partial charge in [0.15, 0.2) is 0 Å². The number of nitrogens with one attached hydrogen (secondary N) is 2. The standard InChI is InChI=1S/C30H40N4O2.H2S/c1-4-23-7-5-8-24-20-25(22(3)19-26(23)24)27-9-10-28(32-27)33-30(36)12-11-29(35)31-15-6-16-34-17-13-21(2)14-18-34;/h5,7-9,20-21H,3-4,6,10-19H2,1-2H3,(H,31,35)(H,32,33,36);1H2. The Morgan fingerprint density at radius 1 is 1.16 bits per heavy atom. The molecule has 1 fully saturated rings. The van der Waals surface area contributed by atoms with Gasteiger partial charge in [-0.25, -0.2) is 4.99 Å². The van der Waals surface area contributed by atoms with E-state index in [2.05, 4.69) is 65.2 Å². The lowest BCUT2D eigenvalue weighted by Gasteiger charge is -2.30. The number of hydrogen-bond donors (Lipinski definition) is 2. The van der Waals surface area contributed by atoms with Crippen LogP contribution in [-0.2, 0) is 22.4 Å². The largest absolute Gasteiger partial charge is 0.356 e. The molecular formula is C30H42N4O2S. The first-order valence-electron chi connectivity index (χ1n) is 13.5. The minimum absolute atomic E-state index is 0. The third kappa shape index (κ3) is 7.92. The number of allylic oxidation sites excluding steroid dienone is 1. The van der Waals surface area contributed by atoms with Gasteiger partial charge in [-0.2, -0.15) is 13.5 Å². The molecule has 2 aliphatic heterocycles. The van der Waals surface area contributed by atoms with E-state index in [-0.39, 0.29) is 38.2 Å². The summed E-state index contributed by atoms with van der Waals surface area (Å²) in [7, 11) is 0. The van der Waals surface area contributed by atoms with Crippen LogP contribution in [0.15, 0.2) is 52.7 Å². The third-order valence-electron chi connectivity index (χ3n) is 7.49. The van der Waals surface area contributed by atoms with Crippen molar-refractivity contribution in [2.75, 3.05) is 26.2 Å².